The predicted octanol–water partition coefficient (Wildman–Crippen LogP) is 3.02. The minimum absolute atomic E-state index is 0.0625. The normalized spacial score (nSPS) is 19.5. The number of hydrogen-bond donors (Lipinski definition) is 2. The number of fused-ring (bicyclic) bond motifs is 3. The molecule has 2 unspecified atom stereocenters. The number of rotatable bonds is 9. The van der Waals surface area contributed by atoms with Crippen LogP contribution in [0.1, 0.15) is 23.2 Å². The van der Waals surface area contributed by atoms with Crippen molar-refractivity contribution in [2.45, 2.75) is 25.0 Å². The van der Waals surface area contributed by atoms with Crippen molar-refractivity contribution in [3.05, 3.63) is 54.1 Å². The van der Waals surface area contributed by atoms with Crippen LogP contribution in [0.4, 0.5) is 28.1 Å². The van der Waals surface area contributed by atoms with Crippen molar-refractivity contribution in [1.29, 1.82) is 0 Å². The van der Waals surface area contributed by atoms with Crippen LogP contribution in [-0.2, 0) is 9.47 Å². The van der Waals surface area contributed by atoms with Crippen LogP contribution in [0.5, 0.6) is 0 Å². The number of benzene rings is 2. The van der Waals surface area contributed by atoms with Crippen LogP contribution in [-0.4, -0.2) is 123 Å². The molecule has 2 bridgehead atoms. The van der Waals surface area contributed by atoms with E-state index in [9.17, 15) is 9.59 Å². The molecular weight excluding hydrogens is 574 g/mol. The number of nitrogens with one attached hydrogen (secondary N) is 2. The maximum absolute atomic E-state index is 12.7. The van der Waals surface area contributed by atoms with Crippen molar-refractivity contribution >= 4 is 35.2 Å². The monoisotopic (exact) mass is 615 g/mol. The van der Waals surface area contributed by atoms with Gasteiger partial charge in [0.05, 0.1) is 32.0 Å². The SMILES string of the molecule is CN(C)CCN(C)C(=O)c1ccc(NC(=O)Nc2ccc(-c3nc(N4CCOCC4)nc(N4CC5CCC4CO5)n3)cc2)cc1. The van der Waals surface area contributed by atoms with E-state index in [1.165, 1.54) is 0 Å². The number of amides is 3. The first-order valence-electron chi connectivity index (χ1n) is 15.5. The van der Waals surface area contributed by atoms with Crippen molar-refractivity contribution in [2.24, 2.45) is 0 Å². The smallest absolute Gasteiger partial charge is 0.323 e. The maximum Gasteiger partial charge on any atom is 0.323 e. The summed E-state index contributed by atoms with van der Waals surface area (Å²) < 4.78 is 11.5. The molecule has 3 amide bonds. The molecule has 2 N–H and O–H groups in total. The Bertz CT molecular complexity index is 1470. The quantitative estimate of drug-likeness (QED) is 0.371. The number of hydrogen-bond acceptors (Lipinski definition) is 10. The summed E-state index contributed by atoms with van der Waals surface area (Å²) in [5, 5.41) is 5.70. The van der Waals surface area contributed by atoms with Gasteiger partial charge in [-0.15, -0.1) is 0 Å². The Morgan fingerprint density at radius 2 is 1.53 bits per heavy atom. The fourth-order valence-corrected chi connectivity index (χ4v) is 5.68. The molecular formula is C32H41N9O4. The van der Waals surface area contributed by atoms with E-state index in [1.54, 1.807) is 36.2 Å². The molecule has 0 saturated carbocycles. The highest BCUT2D eigenvalue weighted by Crippen LogP contribution is 2.31. The van der Waals surface area contributed by atoms with Gasteiger partial charge >= 0.3 is 6.03 Å². The molecule has 5 heterocycles. The minimum atomic E-state index is -0.385. The largest absolute Gasteiger partial charge is 0.378 e. The summed E-state index contributed by atoms with van der Waals surface area (Å²) in [6.45, 7) is 5.61. The van der Waals surface area contributed by atoms with Gasteiger partial charge in [-0.2, -0.15) is 15.0 Å². The maximum atomic E-state index is 12.7. The van der Waals surface area contributed by atoms with E-state index >= 15 is 0 Å². The zero-order valence-electron chi connectivity index (χ0n) is 26.1. The van der Waals surface area contributed by atoms with Crippen LogP contribution in [0.3, 0.4) is 0 Å². The lowest BCUT2D eigenvalue weighted by molar-refractivity contribution is -0.0232. The molecule has 1 aromatic heterocycles. The van der Waals surface area contributed by atoms with E-state index in [2.05, 4.69) is 20.4 Å². The molecule has 2 atom stereocenters. The molecule has 4 aliphatic rings. The summed E-state index contributed by atoms with van der Waals surface area (Å²) in [7, 11) is 5.73. The molecule has 45 heavy (non-hydrogen) atoms. The molecule has 13 nitrogen and oxygen atoms in total. The summed E-state index contributed by atoms with van der Waals surface area (Å²) in [4.78, 5) is 48.2. The zero-order valence-corrected chi connectivity index (χ0v) is 26.1. The Labute approximate surface area is 263 Å². The first-order valence-corrected chi connectivity index (χ1v) is 15.5. The molecule has 0 spiro atoms. The predicted molar refractivity (Wildman–Crippen MR) is 173 cm³/mol. The van der Waals surface area contributed by atoms with Crippen LogP contribution in [0.2, 0.25) is 0 Å². The van der Waals surface area contributed by atoms with Gasteiger partial charge in [0.25, 0.3) is 5.91 Å². The van der Waals surface area contributed by atoms with Gasteiger partial charge in [-0.25, -0.2) is 4.79 Å². The van der Waals surface area contributed by atoms with E-state index in [0.29, 0.717) is 61.0 Å². The molecule has 4 fully saturated rings. The van der Waals surface area contributed by atoms with Gasteiger partial charge in [-0.05, 0) is 75.5 Å². The second-order valence-corrected chi connectivity index (χ2v) is 12.0. The van der Waals surface area contributed by atoms with Gasteiger partial charge in [0.1, 0.15) is 0 Å². The fourth-order valence-electron chi connectivity index (χ4n) is 5.68. The highest BCUT2D eigenvalue weighted by atomic mass is 16.5. The van der Waals surface area contributed by atoms with Gasteiger partial charge in [0, 0.05) is 62.3 Å². The molecule has 7 rings (SSSR count). The summed E-state index contributed by atoms with van der Waals surface area (Å²) in [5.41, 5.74) is 2.60. The molecule has 0 aliphatic carbocycles. The summed E-state index contributed by atoms with van der Waals surface area (Å²) in [5.74, 6) is 1.85. The number of anilines is 4. The number of carbonyl (C=O) groups is 2. The topological polar surface area (TPSA) is 128 Å². The van der Waals surface area contributed by atoms with E-state index in [1.807, 2.05) is 43.3 Å². The van der Waals surface area contributed by atoms with Crippen LogP contribution >= 0.6 is 0 Å². The number of ether oxygens (including phenoxy) is 2. The molecule has 13 heteroatoms. The highest BCUT2D eigenvalue weighted by Gasteiger charge is 2.36. The number of piperidine rings is 1. The fraction of sp³-hybridized carbons (Fsp3) is 0.469. The van der Waals surface area contributed by atoms with Crippen molar-refractivity contribution in [3.8, 4) is 11.4 Å². The Morgan fingerprint density at radius 1 is 0.867 bits per heavy atom. The standard InChI is InChI=1S/C32H41N9O4/c1-38(2)14-15-39(3)29(42)23-6-10-25(11-7-23)34-32(43)33-24-8-4-22(5-9-24)28-35-30(40-16-18-44-19-17-40)37-31(36-28)41-20-27-13-12-26(41)21-45-27/h4-11,26-27H,12-21H2,1-3H3,(H2,33,34,43). The average molecular weight is 616 g/mol. The van der Waals surface area contributed by atoms with Crippen LogP contribution in [0.25, 0.3) is 11.4 Å². The molecule has 4 saturated heterocycles. The van der Waals surface area contributed by atoms with Gasteiger partial charge < -0.3 is 39.7 Å². The highest BCUT2D eigenvalue weighted by molar-refractivity contribution is 6.00. The first kappa shape index (κ1) is 30.7. The Kier molecular flexibility index (Phi) is 9.38. The van der Waals surface area contributed by atoms with Gasteiger partial charge in [0.2, 0.25) is 11.9 Å². The molecule has 4 aliphatic heterocycles. The number of morpholine rings is 2. The molecule has 238 valence electrons. The molecule has 2 aromatic carbocycles. The number of urea groups is 1. The van der Waals surface area contributed by atoms with E-state index in [4.69, 9.17) is 24.4 Å². The van der Waals surface area contributed by atoms with E-state index in [0.717, 1.165) is 44.6 Å². The average Bonchev–Trinajstić information content (AvgIpc) is 3.08. The first-order chi connectivity index (χ1) is 21.8. The lowest BCUT2D eigenvalue weighted by Crippen LogP contribution is -2.55. The lowest BCUT2D eigenvalue weighted by Gasteiger charge is -2.45. The van der Waals surface area contributed by atoms with Gasteiger partial charge in [-0.1, -0.05) is 0 Å². The Hall–Kier alpha value is -4.33. The summed E-state index contributed by atoms with van der Waals surface area (Å²) in [6, 6.07) is 14.2. The second-order valence-electron chi connectivity index (χ2n) is 12.0. The summed E-state index contributed by atoms with van der Waals surface area (Å²) >= 11 is 0. The Morgan fingerprint density at radius 3 is 2.13 bits per heavy atom. The van der Waals surface area contributed by atoms with Crippen molar-refractivity contribution in [2.75, 3.05) is 94.1 Å². The van der Waals surface area contributed by atoms with Crippen LogP contribution < -0.4 is 20.4 Å². The summed E-state index contributed by atoms with van der Waals surface area (Å²) in [6.07, 6.45) is 2.34. The van der Waals surface area contributed by atoms with Crippen LogP contribution in [0.15, 0.2) is 48.5 Å². The number of nitrogens with zero attached hydrogens (tertiary/aromatic N) is 7. The second kappa shape index (κ2) is 13.8. The minimum Gasteiger partial charge on any atom is -0.378 e. The van der Waals surface area contributed by atoms with Gasteiger partial charge in [0.15, 0.2) is 5.82 Å². The number of carbonyl (C=O) groups excluding carboxylic acids is 2. The number of likely N-dealkylation sites (N-methyl/N-ethyl adjacent to an activating group) is 2. The van der Waals surface area contributed by atoms with E-state index < -0.39 is 0 Å². The van der Waals surface area contributed by atoms with Crippen molar-refractivity contribution in [3.63, 3.8) is 0 Å². The number of aromatic nitrogens is 3. The lowest BCUT2D eigenvalue weighted by atomic mass is 9.97. The third-order valence-corrected chi connectivity index (χ3v) is 8.37. The molecule has 0 radical (unpaired) electrons. The molecule has 3 aromatic rings. The van der Waals surface area contributed by atoms with Crippen molar-refractivity contribution < 1.29 is 19.1 Å². The van der Waals surface area contributed by atoms with E-state index in [-0.39, 0.29) is 24.1 Å². The van der Waals surface area contributed by atoms with Gasteiger partial charge in [-0.3, -0.25) is 4.79 Å². The Balaban J connectivity index is 1.11. The third kappa shape index (κ3) is 7.49. The zero-order chi connectivity index (χ0) is 31.3. The third-order valence-electron chi connectivity index (χ3n) is 8.37. The van der Waals surface area contributed by atoms with Crippen LogP contribution in [0, 0.1) is 0 Å². The van der Waals surface area contributed by atoms with Crippen molar-refractivity contribution in [1.82, 2.24) is 24.8 Å².